The van der Waals surface area contributed by atoms with Crippen LogP contribution in [-0.2, 0) is 0 Å². The standard InChI is InChI=1S/C13H13ClN2O2/c1-8-4-5-10(11(6-8)17-3)18-12-7-9(2)15-13(14)16-12/h4-7H,1-3H3. The second kappa shape index (κ2) is 5.23. The van der Waals surface area contributed by atoms with Crippen LogP contribution in [0.4, 0.5) is 0 Å². The van der Waals surface area contributed by atoms with Gasteiger partial charge in [-0.05, 0) is 43.1 Å². The van der Waals surface area contributed by atoms with Crippen molar-refractivity contribution in [2.45, 2.75) is 13.8 Å². The summed E-state index contributed by atoms with van der Waals surface area (Å²) in [4.78, 5) is 7.98. The molecule has 2 rings (SSSR count). The lowest BCUT2D eigenvalue weighted by Crippen LogP contribution is -1.95. The average Bonchev–Trinajstić information content (AvgIpc) is 2.30. The van der Waals surface area contributed by atoms with Crippen molar-refractivity contribution in [3.8, 4) is 17.4 Å². The molecule has 0 saturated heterocycles. The molecule has 94 valence electrons. The molecule has 4 nitrogen and oxygen atoms in total. The van der Waals surface area contributed by atoms with Gasteiger partial charge in [0.1, 0.15) is 0 Å². The van der Waals surface area contributed by atoms with E-state index in [0.717, 1.165) is 11.3 Å². The molecule has 0 bridgehead atoms. The lowest BCUT2D eigenvalue weighted by molar-refractivity contribution is 0.373. The van der Waals surface area contributed by atoms with Gasteiger partial charge in [-0.15, -0.1) is 0 Å². The zero-order chi connectivity index (χ0) is 13.1. The van der Waals surface area contributed by atoms with Gasteiger partial charge in [0.25, 0.3) is 0 Å². The summed E-state index contributed by atoms with van der Waals surface area (Å²) in [7, 11) is 1.60. The minimum atomic E-state index is 0.163. The number of benzene rings is 1. The Morgan fingerprint density at radius 1 is 1.06 bits per heavy atom. The van der Waals surface area contributed by atoms with Gasteiger partial charge in [-0.2, -0.15) is 4.98 Å². The van der Waals surface area contributed by atoms with E-state index in [1.54, 1.807) is 13.2 Å². The van der Waals surface area contributed by atoms with E-state index >= 15 is 0 Å². The van der Waals surface area contributed by atoms with Crippen LogP contribution in [0.3, 0.4) is 0 Å². The zero-order valence-electron chi connectivity index (χ0n) is 10.4. The molecule has 0 N–H and O–H groups in total. The summed E-state index contributed by atoms with van der Waals surface area (Å²) in [5.41, 5.74) is 1.84. The highest BCUT2D eigenvalue weighted by Gasteiger charge is 2.08. The smallest absolute Gasteiger partial charge is 0.225 e. The van der Waals surface area contributed by atoms with Crippen LogP contribution >= 0.6 is 11.6 Å². The molecule has 0 unspecified atom stereocenters. The van der Waals surface area contributed by atoms with Gasteiger partial charge in [-0.25, -0.2) is 4.98 Å². The summed E-state index contributed by atoms with van der Waals surface area (Å²) in [6.07, 6.45) is 0. The van der Waals surface area contributed by atoms with Crippen LogP contribution in [0.5, 0.6) is 17.4 Å². The van der Waals surface area contributed by atoms with Crippen LogP contribution in [0, 0.1) is 13.8 Å². The molecule has 18 heavy (non-hydrogen) atoms. The van der Waals surface area contributed by atoms with Gasteiger partial charge in [-0.1, -0.05) is 6.07 Å². The number of aromatic nitrogens is 2. The Labute approximate surface area is 111 Å². The van der Waals surface area contributed by atoms with Crippen LogP contribution in [0.25, 0.3) is 0 Å². The maximum atomic E-state index is 5.78. The fourth-order valence-corrected chi connectivity index (χ4v) is 1.75. The summed E-state index contributed by atoms with van der Waals surface area (Å²) in [5.74, 6) is 1.65. The van der Waals surface area contributed by atoms with E-state index in [-0.39, 0.29) is 5.28 Å². The molecular formula is C13H13ClN2O2. The van der Waals surface area contributed by atoms with Crippen LogP contribution < -0.4 is 9.47 Å². The molecule has 5 heteroatoms. The fourth-order valence-electron chi connectivity index (χ4n) is 1.53. The maximum Gasteiger partial charge on any atom is 0.225 e. The maximum absolute atomic E-state index is 5.78. The highest BCUT2D eigenvalue weighted by molar-refractivity contribution is 6.28. The summed E-state index contributed by atoms with van der Waals surface area (Å²) in [6.45, 7) is 3.81. The molecular weight excluding hydrogens is 252 g/mol. The van der Waals surface area contributed by atoms with E-state index in [0.29, 0.717) is 17.4 Å². The second-order valence-electron chi connectivity index (χ2n) is 3.87. The van der Waals surface area contributed by atoms with Crippen LogP contribution in [0.1, 0.15) is 11.3 Å². The topological polar surface area (TPSA) is 44.2 Å². The van der Waals surface area contributed by atoms with Crippen molar-refractivity contribution in [3.05, 3.63) is 40.8 Å². The SMILES string of the molecule is COc1cc(C)ccc1Oc1cc(C)nc(Cl)n1. The molecule has 0 aliphatic rings. The number of halogens is 1. The molecule has 1 aromatic heterocycles. The first kappa shape index (κ1) is 12.6. The molecule has 0 atom stereocenters. The van der Waals surface area contributed by atoms with Crippen molar-refractivity contribution in [2.24, 2.45) is 0 Å². The van der Waals surface area contributed by atoms with E-state index in [1.807, 2.05) is 32.0 Å². The molecule has 0 aliphatic heterocycles. The lowest BCUT2D eigenvalue weighted by atomic mass is 10.2. The predicted octanol–water partition coefficient (Wildman–Crippen LogP) is 3.55. The van der Waals surface area contributed by atoms with Crippen molar-refractivity contribution < 1.29 is 9.47 Å². The number of nitrogens with zero attached hydrogens (tertiary/aromatic N) is 2. The third kappa shape index (κ3) is 2.90. The first-order valence-corrected chi connectivity index (χ1v) is 5.80. The number of methoxy groups -OCH3 is 1. The number of rotatable bonds is 3. The number of hydrogen-bond acceptors (Lipinski definition) is 4. The zero-order valence-corrected chi connectivity index (χ0v) is 11.2. The second-order valence-corrected chi connectivity index (χ2v) is 4.21. The van der Waals surface area contributed by atoms with Crippen molar-refractivity contribution in [1.82, 2.24) is 9.97 Å². The Hall–Kier alpha value is -1.81. The van der Waals surface area contributed by atoms with Gasteiger partial charge in [0.15, 0.2) is 11.5 Å². The van der Waals surface area contributed by atoms with Crippen molar-refractivity contribution >= 4 is 11.6 Å². The highest BCUT2D eigenvalue weighted by Crippen LogP contribution is 2.31. The van der Waals surface area contributed by atoms with Crippen LogP contribution in [-0.4, -0.2) is 17.1 Å². The van der Waals surface area contributed by atoms with Gasteiger partial charge < -0.3 is 9.47 Å². The minimum Gasteiger partial charge on any atom is -0.493 e. The van der Waals surface area contributed by atoms with E-state index in [2.05, 4.69) is 9.97 Å². The van der Waals surface area contributed by atoms with Gasteiger partial charge in [0.2, 0.25) is 11.2 Å². The van der Waals surface area contributed by atoms with Gasteiger partial charge in [0, 0.05) is 11.8 Å². The largest absolute Gasteiger partial charge is 0.493 e. The molecule has 1 heterocycles. The Morgan fingerprint density at radius 2 is 1.83 bits per heavy atom. The van der Waals surface area contributed by atoms with Crippen LogP contribution in [0.15, 0.2) is 24.3 Å². The molecule has 0 fully saturated rings. The third-order valence-corrected chi connectivity index (χ3v) is 2.51. The molecule has 2 aromatic rings. The summed E-state index contributed by atoms with van der Waals surface area (Å²) in [5, 5.41) is 0.163. The Morgan fingerprint density at radius 3 is 2.50 bits per heavy atom. The van der Waals surface area contributed by atoms with E-state index in [4.69, 9.17) is 21.1 Å². The number of hydrogen-bond donors (Lipinski definition) is 0. The molecule has 0 spiro atoms. The van der Waals surface area contributed by atoms with Gasteiger partial charge >= 0.3 is 0 Å². The third-order valence-electron chi connectivity index (χ3n) is 2.34. The Bertz CT molecular complexity index is 553. The normalized spacial score (nSPS) is 10.2. The molecule has 0 saturated carbocycles. The molecule has 1 aromatic carbocycles. The highest BCUT2D eigenvalue weighted by atomic mass is 35.5. The van der Waals surface area contributed by atoms with E-state index < -0.39 is 0 Å². The Kier molecular flexibility index (Phi) is 3.67. The monoisotopic (exact) mass is 264 g/mol. The number of ether oxygens (including phenoxy) is 2. The lowest BCUT2D eigenvalue weighted by Gasteiger charge is -2.10. The van der Waals surface area contributed by atoms with E-state index in [1.165, 1.54) is 0 Å². The van der Waals surface area contributed by atoms with E-state index in [9.17, 15) is 0 Å². The molecule has 0 amide bonds. The quantitative estimate of drug-likeness (QED) is 0.796. The summed E-state index contributed by atoms with van der Waals surface area (Å²) >= 11 is 5.78. The van der Waals surface area contributed by atoms with Crippen molar-refractivity contribution in [2.75, 3.05) is 7.11 Å². The van der Waals surface area contributed by atoms with Crippen molar-refractivity contribution in [3.63, 3.8) is 0 Å². The summed E-state index contributed by atoms with van der Waals surface area (Å²) in [6, 6.07) is 7.38. The fraction of sp³-hybridized carbons (Fsp3) is 0.231. The first-order valence-electron chi connectivity index (χ1n) is 5.42. The molecule has 0 radical (unpaired) electrons. The average molecular weight is 265 g/mol. The number of aryl methyl sites for hydroxylation is 2. The van der Waals surface area contributed by atoms with Gasteiger partial charge in [-0.3, -0.25) is 0 Å². The van der Waals surface area contributed by atoms with Crippen molar-refractivity contribution in [1.29, 1.82) is 0 Å². The van der Waals surface area contributed by atoms with Crippen LogP contribution in [0.2, 0.25) is 5.28 Å². The molecule has 0 aliphatic carbocycles. The Balaban J connectivity index is 2.33. The first-order chi connectivity index (χ1) is 8.58. The predicted molar refractivity (Wildman–Crippen MR) is 69.6 cm³/mol. The summed E-state index contributed by atoms with van der Waals surface area (Å²) < 4.78 is 10.9. The van der Waals surface area contributed by atoms with Gasteiger partial charge in [0.05, 0.1) is 7.11 Å². The minimum absolute atomic E-state index is 0.163.